The normalized spacial score (nSPS) is 33.8. The van der Waals surface area contributed by atoms with Crippen LogP contribution >= 0.6 is 23.2 Å². The predicted molar refractivity (Wildman–Crippen MR) is 76.5 cm³/mol. The number of hydrogen-bond acceptors (Lipinski definition) is 2. The Morgan fingerprint density at radius 3 is 2.78 bits per heavy atom. The molecular formula is C14H18Cl2N2. The third-order valence-electron chi connectivity index (χ3n) is 4.50. The average molecular weight is 285 g/mol. The highest BCUT2D eigenvalue weighted by molar-refractivity contribution is 6.42. The van der Waals surface area contributed by atoms with Gasteiger partial charge in [0.15, 0.2) is 0 Å². The van der Waals surface area contributed by atoms with Crippen LogP contribution in [0.3, 0.4) is 0 Å². The highest BCUT2D eigenvalue weighted by atomic mass is 35.5. The van der Waals surface area contributed by atoms with Gasteiger partial charge in [-0.05, 0) is 50.2 Å². The van der Waals surface area contributed by atoms with Gasteiger partial charge >= 0.3 is 0 Å². The SMILES string of the molecule is CN(C)CC1[C@@H]2CNC[C@]12c1ccc(Cl)c(Cl)c1. The molecule has 2 fully saturated rings. The largest absolute Gasteiger partial charge is 0.316 e. The second-order valence-corrected chi connectivity index (χ2v) is 6.59. The summed E-state index contributed by atoms with van der Waals surface area (Å²) in [6.45, 7) is 3.33. The third-order valence-corrected chi connectivity index (χ3v) is 5.24. The second-order valence-electron chi connectivity index (χ2n) is 5.78. The number of rotatable bonds is 3. The van der Waals surface area contributed by atoms with Gasteiger partial charge in [0.2, 0.25) is 0 Å². The fraction of sp³-hybridized carbons (Fsp3) is 0.571. The van der Waals surface area contributed by atoms with Gasteiger partial charge in [0.05, 0.1) is 10.0 Å². The zero-order valence-electron chi connectivity index (χ0n) is 10.7. The number of hydrogen-bond donors (Lipinski definition) is 1. The van der Waals surface area contributed by atoms with Gasteiger partial charge in [-0.25, -0.2) is 0 Å². The monoisotopic (exact) mass is 284 g/mol. The van der Waals surface area contributed by atoms with E-state index in [2.05, 4.69) is 36.4 Å². The van der Waals surface area contributed by atoms with Gasteiger partial charge in [0.25, 0.3) is 0 Å². The van der Waals surface area contributed by atoms with Crippen LogP contribution in [0, 0.1) is 11.8 Å². The van der Waals surface area contributed by atoms with Crippen molar-refractivity contribution in [2.45, 2.75) is 5.41 Å². The van der Waals surface area contributed by atoms with Gasteiger partial charge in [-0.1, -0.05) is 29.3 Å². The summed E-state index contributed by atoms with van der Waals surface area (Å²) in [4.78, 5) is 2.28. The van der Waals surface area contributed by atoms with Crippen molar-refractivity contribution in [1.82, 2.24) is 10.2 Å². The smallest absolute Gasteiger partial charge is 0.0595 e. The van der Waals surface area contributed by atoms with E-state index in [1.165, 1.54) is 5.56 Å². The van der Waals surface area contributed by atoms with E-state index in [0.29, 0.717) is 15.5 Å². The van der Waals surface area contributed by atoms with Crippen molar-refractivity contribution in [3.05, 3.63) is 33.8 Å². The molecule has 0 amide bonds. The van der Waals surface area contributed by atoms with E-state index in [-0.39, 0.29) is 0 Å². The molecule has 1 aliphatic carbocycles. The summed E-state index contributed by atoms with van der Waals surface area (Å²) in [5.74, 6) is 1.49. The Morgan fingerprint density at radius 1 is 1.33 bits per heavy atom. The number of piperidine rings is 1. The summed E-state index contributed by atoms with van der Waals surface area (Å²) in [5, 5.41) is 4.82. The number of nitrogens with zero attached hydrogens (tertiary/aromatic N) is 1. The molecule has 1 aliphatic heterocycles. The third kappa shape index (κ3) is 1.78. The summed E-state index contributed by atoms with van der Waals surface area (Å²) in [7, 11) is 4.29. The molecule has 0 spiro atoms. The highest BCUT2D eigenvalue weighted by Crippen LogP contribution is 2.62. The summed E-state index contributed by atoms with van der Waals surface area (Å²) in [6, 6.07) is 6.12. The first-order valence-electron chi connectivity index (χ1n) is 6.36. The molecule has 1 aromatic carbocycles. The highest BCUT2D eigenvalue weighted by Gasteiger charge is 2.67. The van der Waals surface area contributed by atoms with Gasteiger partial charge in [-0.15, -0.1) is 0 Å². The lowest BCUT2D eigenvalue weighted by atomic mass is 9.93. The maximum Gasteiger partial charge on any atom is 0.0595 e. The molecule has 1 N–H and O–H groups in total. The lowest BCUT2D eigenvalue weighted by molar-refractivity contribution is 0.355. The van der Waals surface area contributed by atoms with Crippen LogP contribution in [0.1, 0.15) is 5.56 Å². The van der Waals surface area contributed by atoms with E-state index >= 15 is 0 Å². The average Bonchev–Trinajstić information content (AvgIpc) is 2.72. The first-order chi connectivity index (χ1) is 8.55. The Kier molecular flexibility index (Phi) is 3.10. The fourth-order valence-corrected chi connectivity index (χ4v) is 3.92. The van der Waals surface area contributed by atoms with Crippen molar-refractivity contribution in [3.8, 4) is 0 Å². The van der Waals surface area contributed by atoms with Gasteiger partial charge in [0, 0.05) is 18.5 Å². The van der Waals surface area contributed by atoms with Crippen molar-refractivity contribution in [1.29, 1.82) is 0 Å². The number of benzene rings is 1. The molecular weight excluding hydrogens is 267 g/mol. The molecule has 1 aromatic rings. The maximum absolute atomic E-state index is 6.16. The summed E-state index contributed by atoms with van der Waals surface area (Å²) in [5.41, 5.74) is 1.64. The van der Waals surface area contributed by atoms with Gasteiger partial charge in [0.1, 0.15) is 0 Å². The topological polar surface area (TPSA) is 15.3 Å². The maximum atomic E-state index is 6.16. The first kappa shape index (κ1) is 12.7. The Bertz CT molecular complexity index is 475. The summed E-state index contributed by atoms with van der Waals surface area (Å²) < 4.78 is 0. The molecule has 2 aliphatic rings. The molecule has 3 rings (SSSR count). The molecule has 1 unspecified atom stereocenters. The van der Waals surface area contributed by atoms with Crippen LogP contribution in [-0.4, -0.2) is 38.6 Å². The summed E-state index contributed by atoms with van der Waals surface area (Å²) >= 11 is 12.2. The van der Waals surface area contributed by atoms with E-state index in [0.717, 1.165) is 31.5 Å². The van der Waals surface area contributed by atoms with Crippen LogP contribution in [0.2, 0.25) is 10.0 Å². The molecule has 1 saturated carbocycles. The molecule has 3 atom stereocenters. The van der Waals surface area contributed by atoms with Crippen LogP contribution in [-0.2, 0) is 5.41 Å². The Labute approximate surface area is 118 Å². The van der Waals surface area contributed by atoms with Crippen LogP contribution < -0.4 is 5.32 Å². The molecule has 98 valence electrons. The van der Waals surface area contributed by atoms with Crippen molar-refractivity contribution < 1.29 is 0 Å². The zero-order chi connectivity index (χ0) is 12.9. The minimum absolute atomic E-state index is 0.290. The Hall–Kier alpha value is -0.280. The van der Waals surface area contributed by atoms with E-state index in [9.17, 15) is 0 Å². The molecule has 18 heavy (non-hydrogen) atoms. The number of fused-ring (bicyclic) bond motifs is 1. The van der Waals surface area contributed by atoms with E-state index < -0.39 is 0 Å². The van der Waals surface area contributed by atoms with Crippen molar-refractivity contribution >= 4 is 23.2 Å². The molecule has 4 heteroatoms. The quantitative estimate of drug-likeness (QED) is 0.918. The lowest BCUT2D eigenvalue weighted by Crippen LogP contribution is -2.28. The fourth-order valence-electron chi connectivity index (χ4n) is 3.63. The molecule has 0 bridgehead atoms. The van der Waals surface area contributed by atoms with Gasteiger partial charge in [-0.3, -0.25) is 0 Å². The predicted octanol–water partition coefficient (Wildman–Crippen LogP) is 2.64. The number of nitrogens with one attached hydrogen (secondary N) is 1. The minimum Gasteiger partial charge on any atom is -0.316 e. The lowest BCUT2D eigenvalue weighted by Gasteiger charge is -2.19. The van der Waals surface area contributed by atoms with Crippen molar-refractivity contribution in [3.63, 3.8) is 0 Å². The molecule has 1 saturated heterocycles. The van der Waals surface area contributed by atoms with E-state index in [4.69, 9.17) is 23.2 Å². The van der Waals surface area contributed by atoms with Crippen molar-refractivity contribution in [2.24, 2.45) is 11.8 Å². The van der Waals surface area contributed by atoms with Crippen LogP contribution in [0.15, 0.2) is 18.2 Å². The van der Waals surface area contributed by atoms with E-state index in [1.807, 2.05) is 6.07 Å². The standard InChI is InChI=1S/C14H18Cl2N2/c1-18(2)7-11-10-6-17-8-14(10,11)9-3-4-12(15)13(16)5-9/h3-5,10-11,17H,6-8H2,1-2H3/t10-,11?,14+/m0/s1. The van der Waals surface area contributed by atoms with Crippen molar-refractivity contribution in [2.75, 3.05) is 33.7 Å². The van der Waals surface area contributed by atoms with E-state index in [1.54, 1.807) is 0 Å². The summed E-state index contributed by atoms with van der Waals surface area (Å²) in [6.07, 6.45) is 0. The Balaban J connectivity index is 1.92. The molecule has 2 nitrogen and oxygen atoms in total. The van der Waals surface area contributed by atoms with Crippen LogP contribution in [0.25, 0.3) is 0 Å². The molecule has 0 aromatic heterocycles. The molecule has 1 heterocycles. The zero-order valence-corrected chi connectivity index (χ0v) is 12.2. The second kappa shape index (κ2) is 4.38. The van der Waals surface area contributed by atoms with Gasteiger partial charge in [-0.2, -0.15) is 0 Å². The minimum atomic E-state index is 0.290. The first-order valence-corrected chi connectivity index (χ1v) is 7.12. The number of halogens is 2. The van der Waals surface area contributed by atoms with Gasteiger partial charge < -0.3 is 10.2 Å². The van der Waals surface area contributed by atoms with Crippen LogP contribution in [0.5, 0.6) is 0 Å². The van der Waals surface area contributed by atoms with Crippen LogP contribution in [0.4, 0.5) is 0 Å². The Morgan fingerprint density at radius 2 is 2.11 bits per heavy atom. The molecule has 0 radical (unpaired) electrons.